The second-order valence-electron chi connectivity index (χ2n) is 5.66. The Labute approximate surface area is 145 Å². The molecule has 2 amide bonds. The summed E-state index contributed by atoms with van der Waals surface area (Å²) in [6.07, 6.45) is 3.56. The van der Waals surface area contributed by atoms with Gasteiger partial charge in [0.05, 0.1) is 28.9 Å². The van der Waals surface area contributed by atoms with Gasteiger partial charge in [0.15, 0.2) is 0 Å². The van der Waals surface area contributed by atoms with Crippen LogP contribution in [-0.2, 0) is 4.79 Å². The number of aromatic nitrogens is 1. The van der Waals surface area contributed by atoms with E-state index >= 15 is 0 Å². The Hall–Kier alpha value is -2.40. The first-order chi connectivity index (χ1) is 11.7. The van der Waals surface area contributed by atoms with Gasteiger partial charge in [-0.3, -0.25) is 14.6 Å². The predicted octanol–water partition coefficient (Wildman–Crippen LogP) is 2.83. The van der Waals surface area contributed by atoms with Crippen LogP contribution < -0.4 is 5.32 Å². The molecular weight excluding hydrogens is 326 g/mol. The number of nitrogens with one attached hydrogen (secondary N) is 1. The van der Waals surface area contributed by atoms with E-state index in [9.17, 15) is 9.59 Å². The fourth-order valence-corrected chi connectivity index (χ4v) is 3.17. The van der Waals surface area contributed by atoms with Crippen molar-refractivity contribution in [2.24, 2.45) is 0 Å². The number of rotatable bonds is 4. The van der Waals surface area contributed by atoms with Crippen molar-refractivity contribution < 1.29 is 9.59 Å². The Morgan fingerprint density at radius 2 is 2.00 bits per heavy atom. The molecule has 1 aromatic heterocycles. The van der Waals surface area contributed by atoms with Crippen molar-refractivity contribution >= 4 is 23.4 Å². The van der Waals surface area contributed by atoms with E-state index in [1.807, 2.05) is 18.2 Å². The molecule has 1 aliphatic rings. The number of nitrogens with zero attached hydrogens (tertiary/aromatic N) is 2. The average Bonchev–Trinajstić information content (AvgIpc) is 3.10. The van der Waals surface area contributed by atoms with Crippen molar-refractivity contribution in [2.45, 2.75) is 18.9 Å². The van der Waals surface area contributed by atoms with Gasteiger partial charge in [-0.1, -0.05) is 29.8 Å². The molecule has 0 bridgehead atoms. The predicted molar refractivity (Wildman–Crippen MR) is 91.7 cm³/mol. The third-order valence-electron chi connectivity index (χ3n) is 4.12. The molecule has 0 radical (unpaired) electrons. The molecule has 1 aliphatic heterocycles. The Morgan fingerprint density at radius 3 is 2.75 bits per heavy atom. The van der Waals surface area contributed by atoms with Crippen LogP contribution in [0.3, 0.4) is 0 Å². The number of hydrogen-bond acceptors (Lipinski definition) is 3. The number of carbonyl (C=O) groups is 2. The molecule has 1 saturated heterocycles. The van der Waals surface area contributed by atoms with Gasteiger partial charge in [-0.05, 0) is 37.1 Å². The molecule has 6 heteroatoms. The molecule has 124 valence electrons. The highest BCUT2D eigenvalue weighted by molar-refractivity contribution is 6.33. The molecule has 0 saturated carbocycles. The van der Waals surface area contributed by atoms with E-state index < -0.39 is 0 Å². The van der Waals surface area contributed by atoms with Crippen molar-refractivity contribution in [1.29, 1.82) is 0 Å². The second kappa shape index (κ2) is 7.45. The van der Waals surface area contributed by atoms with Gasteiger partial charge < -0.3 is 10.2 Å². The van der Waals surface area contributed by atoms with Crippen molar-refractivity contribution in [3.63, 3.8) is 0 Å². The Morgan fingerprint density at radius 1 is 1.21 bits per heavy atom. The Balaban J connectivity index is 1.62. The van der Waals surface area contributed by atoms with Crippen molar-refractivity contribution in [3.05, 3.63) is 64.9 Å². The van der Waals surface area contributed by atoms with E-state index in [0.717, 1.165) is 18.5 Å². The quantitative estimate of drug-likeness (QED) is 0.928. The van der Waals surface area contributed by atoms with E-state index in [1.54, 1.807) is 35.4 Å². The number of carbonyl (C=O) groups excluding carboxylic acids is 2. The van der Waals surface area contributed by atoms with Gasteiger partial charge in [-0.2, -0.15) is 0 Å². The summed E-state index contributed by atoms with van der Waals surface area (Å²) in [5.74, 6) is -0.453. The second-order valence-corrected chi connectivity index (χ2v) is 6.07. The van der Waals surface area contributed by atoms with Crippen LogP contribution in [0, 0.1) is 0 Å². The first-order valence-electron chi connectivity index (χ1n) is 7.90. The van der Waals surface area contributed by atoms with Crippen LogP contribution in [0.25, 0.3) is 0 Å². The minimum absolute atomic E-state index is 0.0177. The van der Waals surface area contributed by atoms with E-state index in [1.165, 1.54) is 0 Å². The van der Waals surface area contributed by atoms with Crippen LogP contribution in [0.2, 0.25) is 5.02 Å². The highest BCUT2D eigenvalue weighted by atomic mass is 35.5. The summed E-state index contributed by atoms with van der Waals surface area (Å²) in [5, 5.41) is 3.02. The lowest BCUT2D eigenvalue weighted by molar-refractivity contribution is -0.131. The minimum atomic E-state index is -0.345. The number of halogens is 1. The number of likely N-dealkylation sites (tertiary alicyclic amines) is 1. The summed E-state index contributed by atoms with van der Waals surface area (Å²) in [4.78, 5) is 30.8. The number of benzene rings is 1. The molecule has 24 heavy (non-hydrogen) atoms. The number of amides is 2. The molecule has 2 aromatic rings. The molecule has 1 aromatic carbocycles. The van der Waals surface area contributed by atoms with E-state index in [0.29, 0.717) is 17.1 Å². The molecule has 0 aliphatic carbocycles. The van der Waals surface area contributed by atoms with Crippen LogP contribution in [0.4, 0.5) is 0 Å². The van der Waals surface area contributed by atoms with Gasteiger partial charge >= 0.3 is 0 Å². The largest absolute Gasteiger partial charge is 0.343 e. The summed E-state index contributed by atoms with van der Waals surface area (Å²) in [6, 6.07) is 12.5. The van der Waals surface area contributed by atoms with Crippen molar-refractivity contribution in [1.82, 2.24) is 15.2 Å². The molecular formula is C18H18ClN3O2. The van der Waals surface area contributed by atoms with Crippen LogP contribution in [0.5, 0.6) is 0 Å². The standard InChI is InChI=1S/C18H18ClN3O2/c19-14-7-2-1-6-13(14)18(24)21-12-17(23)22-11-5-9-16(22)15-8-3-4-10-20-15/h1-4,6-8,10,16H,5,9,11-12H2,(H,21,24). The fraction of sp³-hybridized carbons (Fsp3) is 0.278. The first-order valence-corrected chi connectivity index (χ1v) is 8.28. The highest BCUT2D eigenvalue weighted by Crippen LogP contribution is 2.30. The molecule has 1 atom stereocenters. The third kappa shape index (κ3) is 3.57. The van der Waals surface area contributed by atoms with Gasteiger partial charge in [0.25, 0.3) is 5.91 Å². The van der Waals surface area contributed by atoms with E-state index in [4.69, 9.17) is 11.6 Å². The SMILES string of the molecule is O=C(NCC(=O)N1CCCC1c1ccccn1)c1ccccc1Cl. The van der Waals surface area contributed by atoms with Crippen LogP contribution >= 0.6 is 11.6 Å². The van der Waals surface area contributed by atoms with E-state index in [2.05, 4.69) is 10.3 Å². The number of pyridine rings is 1. The van der Waals surface area contributed by atoms with Gasteiger partial charge in [0, 0.05) is 12.7 Å². The molecule has 1 fully saturated rings. The van der Waals surface area contributed by atoms with Gasteiger partial charge in [0.1, 0.15) is 0 Å². The van der Waals surface area contributed by atoms with Crippen LogP contribution in [0.1, 0.15) is 34.9 Å². The van der Waals surface area contributed by atoms with Crippen LogP contribution in [0.15, 0.2) is 48.7 Å². The molecule has 3 rings (SSSR count). The molecule has 2 heterocycles. The minimum Gasteiger partial charge on any atom is -0.343 e. The summed E-state index contributed by atoms with van der Waals surface area (Å²) in [5.41, 5.74) is 1.26. The first kappa shape index (κ1) is 16.5. The molecule has 1 N–H and O–H groups in total. The van der Waals surface area contributed by atoms with Gasteiger partial charge in [0.2, 0.25) is 5.91 Å². The maximum atomic E-state index is 12.5. The fourth-order valence-electron chi connectivity index (χ4n) is 2.94. The summed E-state index contributed by atoms with van der Waals surface area (Å²) in [6.45, 7) is 0.634. The van der Waals surface area contributed by atoms with Crippen molar-refractivity contribution in [3.8, 4) is 0 Å². The van der Waals surface area contributed by atoms with E-state index in [-0.39, 0.29) is 24.4 Å². The smallest absolute Gasteiger partial charge is 0.253 e. The monoisotopic (exact) mass is 343 g/mol. The zero-order chi connectivity index (χ0) is 16.9. The third-order valence-corrected chi connectivity index (χ3v) is 4.45. The maximum Gasteiger partial charge on any atom is 0.253 e. The van der Waals surface area contributed by atoms with Gasteiger partial charge in [-0.25, -0.2) is 0 Å². The highest BCUT2D eigenvalue weighted by Gasteiger charge is 2.30. The lowest BCUT2D eigenvalue weighted by Gasteiger charge is -2.24. The summed E-state index contributed by atoms with van der Waals surface area (Å²) < 4.78 is 0. The zero-order valence-corrected chi connectivity index (χ0v) is 13.9. The van der Waals surface area contributed by atoms with Gasteiger partial charge in [-0.15, -0.1) is 0 Å². The average molecular weight is 344 g/mol. The Kier molecular flexibility index (Phi) is 5.11. The Bertz CT molecular complexity index is 736. The lowest BCUT2D eigenvalue weighted by atomic mass is 10.1. The van der Waals surface area contributed by atoms with Crippen molar-refractivity contribution in [2.75, 3.05) is 13.1 Å². The zero-order valence-electron chi connectivity index (χ0n) is 13.1. The summed E-state index contributed by atoms with van der Waals surface area (Å²) in [7, 11) is 0. The molecule has 5 nitrogen and oxygen atoms in total. The normalized spacial score (nSPS) is 16.9. The topological polar surface area (TPSA) is 62.3 Å². The number of hydrogen-bond donors (Lipinski definition) is 1. The summed E-state index contributed by atoms with van der Waals surface area (Å²) >= 11 is 6.00. The van der Waals surface area contributed by atoms with Crippen LogP contribution in [-0.4, -0.2) is 34.8 Å². The lowest BCUT2D eigenvalue weighted by Crippen LogP contribution is -2.40. The maximum absolute atomic E-state index is 12.5. The molecule has 1 unspecified atom stereocenters. The molecule has 0 spiro atoms.